The number of hydrogen-bond donors (Lipinski definition) is 1. The number of hydrogen-bond acceptors (Lipinski definition) is 6. The first kappa shape index (κ1) is 23.2. The lowest BCUT2D eigenvalue weighted by Crippen LogP contribution is -2.25. The Morgan fingerprint density at radius 1 is 1.35 bits per heavy atom. The number of nitrogens with one attached hydrogen (secondary N) is 1. The Kier molecular flexibility index (Phi) is 7.28. The normalized spacial score (nSPS) is 14.4. The highest BCUT2D eigenvalue weighted by atomic mass is 35.5. The van der Waals surface area contributed by atoms with Crippen molar-refractivity contribution in [2.45, 2.75) is 12.6 Å². The maximum absolute atomic E-state index is 13.3. The van der Waals surface area contributed by atoms with E-state index in [1.165, 1.54) is 36.3 Å². The molecule has 0 radical (unpaired) electrons. The van der Waals surface area contributed by atoms with Crippen molar-refractivity contribution < 1.29 is 18.8 Å². The van der Waals surface area contributed by atoms with Crippen molar-refractivity contribution in [2.24, 2.45) is 0 Å². The molecule has 0 aliphatic rings. The van der Waals surface area contributed by atoms with Crippen molar-refractivity contribution in [1.29, 1.82) is 0 Å². The number of carbonyl (C=O) groups is 1. The second-order valence-corrected chi connectivity index (χ2v) is 10.7. The van der Waals surface area contributed by atoms with Crippen molar-refractivity contribution >= 4 is 58.1 Å². The van der Waals surface area contributed by atoms with Crippen LogP contribution < -0.4 is 5.32 Å². The van der Waals surface area contributed by atoms with Crippen LogP contribution in [-0.2, 0) is 13.9 Å². The van der Waals surface area contributed by atoms with E-state index < -0.39 is 23.9 Å². The number of fused-ring (bicyclic) bond motifs is 1. The lowest BCUT2D eigenvalue weighted by molar-refractivity contribution is -0.385. The molecule has 31 heavy (non-hydrogen) atoms. The third-order valence-corrected chi connectivity index (χ3v) is 8.02. The maximum atomic E-state index is 13.3. The van der Waals surface area contributed by atoms with Crippen LogP contribution in [0, 0.1) is 10.1 Å². The monoisotopic (exact) mass is 478 g/mol. The zero-order chi connectivity index (χ0) is 22.6. The average molecular weight is 479 g/mol. The van der Waals surface area contributed by atoms with Crippen LogP contribution in [0.25, 0.3) is 16.2 Å². The van der Waals surface area contributed by atoms with Crippen LogP contribution in [0.2, 0.25) is 5.02 Å². The van der Waals surface area contributed by atoms with Gasteiger partial charge in [0, 0.05) is 28.7 Å². The van der Waals surface area contributed by atoms with Crippen LogP contribution >= 0.6 is 30.3 Å². The number of nitro benzene ring substituents is 1. The lowest BCUT2D eigenvalue weighted by atomic mass is 10.1. The number of para-hydroxylation sites is 1. The van der Waals surface area contributed by atoms with Crippen molar-refractivity contribution in [3.8, 4) is 0 Å². The van der Waals surface area contributed by atoms with Gasteiger partial charge in [-0.15, -0.1) is 11.3 Å². The molecule has 2 unspecified atom stereocenters. The number of benzene rings is 2. The fourth-order valence-electron chi connectivity index (χ4n) is 3.26. The van der Waals surface area contributed by atoms with Crippen molar-refractivity contribution in [2.75, 3.05) is 13.3 Å². The van der Waals surface area contributed by atoms with E-state index in [2.05, 4.69) is 5.32 Å². The summed E-state index contributed by atoms with van der Waals surface area (Å²) in [5, 5.41) is 16.8. The molecule has 0 aliphatic carbocycles. The average Bonchev–Trinajstić information content (AvgIpc) is 3.10. The Balaban J connectivity index is 1.95. The highest BCUT2D eigenvalue weighted by molar-refractivity contribution is 7.59. The summed E-state index contributed by atoms with van der Waals surface area (Å²) < 4.78 is 19.7. The highest BCUT2D eigenvalue weighted by Gasteiger charge is 2.38. The zero-order valence-corrected chi connectivity index (χ0v) is 19.2. The largest absolute Gasteiger partial charge is 0.332 e. The number of amides is 1. The van der Waals surface area contributed by atoms with Gasteiger partial charge in [0.1, 0.15) is 5.66 Å². The molecule has 1 N–H and O–H groups in total. The predicted octanol–water partition coefficient (Wildman–Crippen LogP) is 6.24. The van der Waals surface area contributed by atoms with E-state index in [0.717, 1.165) is 10.1 Å². The first-order valence-corrected chi connectivity index (χ1v) is 12.7. The van der Waals surface area contributed by atoms with Gasteiger partial charge in [-0.1, -0.05) is 23.7 Å². The maximum Gasteiger partial charge on any atom is 0.276 e. The summed E-state index contributed by atoms with van der Waals surface area (Å²) in [7, 11) is -3.39. The molecule has 3 rings (SSSR count). The Bertz CT molecular complexity index is 1210. The molecule has 0 bridgehead atoms. The second kappa shape index (κ2) is 9.75. The topological polar surface area (TPSA) is 98.5 Å². The molecule has 10 heteroatoms. The van der Waals surface area contributed by atoms with E-state index in [0.29, 0.717) is 16.1 Å². The fraction of sp³-hybridized carbons (Fsp3) is 0.190. The molecule has 1 amide bonds. The minimum Gasteiger partial charge on any atom is -0.332 e. The molecule has 0 fully saturated rings. The fourth-order valence-corrected chi connectivity index (χ4v) is 6.38. The Labute approximate surface area is 188 Å². The number of carbonyl (C=O) groups excluding carboxylic acids is 1. The molecule has 162 valence electrons. The standard InChI is InChI=1S/C21H20ClN2O5PS/c1-3-29-30(2,28)20(17-13-31-19-9-8-15(22)12-16(17)19)21(25)23-11-10-14-6-4-5-7-18(14)24(26)27/h4-13,20H,3H2,1-2H3,(H,23,25)/b11-10+. The van der Waals surface area contributed by atoms with Gasteiger partial charge < -0.3 is 9.84 Å². The summed E-state index contributed by atoms with van der Waals surface area (Å²) in [6.07, 6.45) is 2.74. The van der Waals surface area contributed by atoms with Crippen molar-refractivity contribution in [3.63, 3.8) is 0 Å². The van der Waals surface area contributed by atoms with Crippen molar-refractivity contribution in [3.05, 3.63) is 80.3 Å². The van der Waals surface area contributed by atoms with Gasteiger partial charge in [-0.05, 0) is 53.6 Å². The highest BCUT2D eigenvalue weighted by Crippen LogP contribution is 2.58. The third kappa shape index (κ3) is 5.22. The van der Waals surface area contributed by atoms with Crippen LogP contribution in [0.4, 0.5) is 5.69 Å². The summed E-state index contributed by atoms with van der Waals surface area (Å²) in [5.41, 5.74) is -0.242. The quantitative estimate of drug-likeness (QED) is 0.235. The number of nitrogens with zero attached hydrogens (tertiary/aromatic N) is 1. The molecule has 7 nitrogen and oxygen atoms in total. The molecule has 0 saturated carbocycles. The Morgan fingerprint density at radius 2 is 2.10 bits per heavy atom. The first-order valence-electron chi connectivity index (χ1n) is 9.33. The number of rotatable bonds is 8. The summed E-state index contributed by atoms with van der Waals surface area (Å²) in [4.78, 5) is 23.8. The number of halogens is 1. The van der Waals surface area contributed by atoms with E-state index >= 15 is 0 Å². The molecular formula is C21H20ClN2O5PS. The van der Waals surface area contributed by atoms with E-state index in [1.807, 2.05) is 6.07 Å². The third-order valence-electron chi connectivity index (χ3n) is 4.58. The molecule has 3 aromatic rings. The van der Waals surface area contributed by atoms with E-state index in [1.54, 1.807) is 42.6 Å². The van der Waals surface area contributed by atoms with Gasteiger partial charge in [0.2, 0.25) is 13.3 Å². The summed E-state index contributed by atoms with van der Waals surface area (Å²) in [6, 6.07) is 11.5. The van der Waals surface area contributed by atoms with Crippen LogP contribution in [0.1, 0.15) is 23.7 Å². The molecular weight excluding hydrogens is 459 g/mol. The molecule has 1 heterocycles. The van der Waals surface area contributed by atoms with Crippen LogP contribution in [-0.4, -0.2) is 24.1 Å². The smallest absolute Gasteiger partial charge is 0.276 e. The van der Waals surface area contributed by atoms with Crippen LogP contribution in [0.3, 0.4) is 0 Å². The molecule has 2 aromatic carbocycles. The van der Waals surface area contributed by atoms with Gasteiger partial charge in [0.15, 0.2) is 0 Å². The number of nitro groups is 1. The molecule has 0 saturated heterocycles. The second-order valence-electron chi connectivity index (χ2n) is 6.72. The first-order chi connectivity index (χ1) is 14.7. The number of thiophene rings is 1. The van der Waals surface area contributed by atoms with Gasteiger partial charge in [-0.25, -0.2) is 0 Å². The summed E-state index contributed by atoms with van der Waals surface area (Å²) in [5.74, 6) is -0.534. The van der Waals surface area contributed by atoms with E-state index in [-0.39, 0.29) is 12.3 Å². The minimum absolute atomic E-state index is 0.0847. The molecule has 0 spiro atoms. The molecule has 1 aromatic heterocycles. The summed E-state index contributed by atoms with van der Waals surface area (Å²) in [6.45, 7) is 3.33. The Morgan fingerprint density at radius 3 is 2.81 bits per heavy atom. The van der Waals surface area contributed by atoms with Gasteiger partial charge >= 0.3 is 0 Å². The van der Waals surface area contributed by atoms with E-state index in [9.17, 15) is 19.5 Å². The predicted molar refractivity (Wildman–Crippen MR) is 125 cm³/mol. The molecule has 2 atom stereocenters. The van der Waals surface area contributed by atoms with Gasteiger partial charge in [-0.3, -0.25) is 19.5 Å². The lowest BCUT2D eigenvalue weighted by Gasteiger charge is -2.22. The van der Waals surface area contributed by atoms with Gasteiger partial charge in [0.05, 0.1) is 17.1 Å². The summed E-state index contributed by atoms with van der Waals surface area (Å²) >= 11 is 7.56. The SMILES string of the molecule is CCOP(C)(=O)C(C(=O)N/C=C/c1ccccc1[N+](=O)[O-])c1csc2ccc(Cl)cc12. The van der Waals surface area contributed by atoms with Gasteiger partial charge in [0.25, 0.3) is 5.69 Å². The Hall–Kier alpha value is -2.51. The minimum atomic E-state index is -3.39. The zero-order valence-electron chi connectivity index (χ0n) is 16.8. The van der Waals surface area contributed by atoms with Crippen molar-refractivity contribution in [1.82, 2.24) is 5.32 Å². The molecule has 0 aliphatic heterocycles. The van der Waals surface area contributed by atoms with Crippen LogP contribution in [0.5, 0.6) is 0 Å². The van der Waals surface area contributed by atoms with Crippen LogP contribution in [0.15, 0.2) is 54.0 Å². The van der Waals surface area contributed by atoms with E-state index in [4.69, 9.17) is 16.1 Å². The van der Waals surface area contributed by atoms with Gasteiger partial charge in [-0.2, -0.15) is 0 Å².